The summed E-state index contributed by atoms with van der Waals surface area (Å²) in [6.07, 6.45) is -0.190. The van der Waals surface area contributed by atoms with Crippen LogP contribution in [0.4, 0.5) is 10.5 Å². The molecular weight excluding hydrogens is 474 g/mol. The maximum absolute atomic E-state index is 12.6. The fourth-order valence-corrected chi connectivity index (χ4v) is 3.13. The summed E-state index contributed by atoms with van der Waals surface area (Å²) >= 11 is 6.01. The number of rotatable bonds is 11. The summed E-state index contributed by atoms with van der Waals surface area (Å²) in [5.74, 6) is -2.07. The topological polar surface area (TPSA) is 114 Å². The summed E-state index contributed by atoms with van der Waals surface area (Å²) in [5.41, 5.74) is 1.23. The van der Waals surface area contributed by atoms with Gasteiger partial charge in [-0.15, -0.1) is 0 Å². The van der Waals surface area contributed by atoms with E-state index in [1.165, 1.54) is 7.05 Å². The molecule has 0 heterocycles. The molecule has 0 aliphatic rings. The van der Waals surface area contributed by atoms with Gasteiger partial charge in [-0.25, -0.2) is 9.59 Å². The molecule has 0 bridgehead atoms. The minimum Gasteiger partial charge on any atom is -0.454 e. The zero-order valence-corrected chi connectivity index (χ0v) is 20.7. The van der Waals surface area contributed by atoms with Crippen molar-refractivity contribution in [3.8, 4) is 0 Å². The van der Waals surface area contributed by atoms with Crippen LogP contribution < -0.4 is 10.6 Å². The monoisotopic (exact) mass is 503 g/mol. The summed E-state index contributed by atoms with van der Waals surface area (Å²) < 4.78 is 10.3. The Morgan fingerprint density at radius 3 is 2.31 bits per heavy atom. The van der Waals surface area contributed by atoms with Crippen molar-refractivity contribution in [3.05, 3.63) is 65.2 Å². The van der Waals surface area contributed by atoms with E-state index in [1.807, 2.05) is 37.3 Å². The largest absolute Gasteiger partial charge is 0.454 e. The van der Waals surface area contributed by atoms with Gasteiger partial charge in [-0.05, 0) is 23.6 Å². The van der Waals surface area contributed by atoms with E-state index in [0.717, 1.165) is 10.5 Å². The number of esters is 1. The minimum absolute atomic E-state index is 0.0501. The van der Waals surface area contributed by atoms with E-state index in [1.54, 1.807) is 31.2 Å². The van der Waals surface area contributed by atoms with E-state index >= 15 is 0 Å². The van der Waals surface area contributed by atoms with Crippen LogP contribution in [0, 0.1) is 5.92 Å². The molecule has 0 unspecified atom stereocenters. The van der Waals surface area contributed by atoms with Crippen LogP contribution in [0.2, 0.25) is 5.02 Å². The molecule has 35 heavy (non-hydrogen) atoms. The zero-order chi connectivity index (χ0) is 25.8. The Bertz CT molecular complexity index is 1020. The van der Waals surface area contributed by atoms with Gasteiger partial charge in [0.2, 0.25) is 5.91 Å². The molecule has 0 fully saturated rings. The molecule has 0 spiro atoms. The zero-order valence-electron chi connectivity index (χ0n) is 20.0. The molecule has 0 aromatic heterocycles. The fraction of sp³-hybridized carbons (Fsp3) is 0.360. The van der Waals surface area contributed by atoms with Gasteiger partial charge in [0.1, 0.15) is 12.6 Å². The number of nitrogens with one attached hydrogen (secondary N) is 2. The lowest BCUT2D eigenvalue weighted by Crippen LogP contribution is -2.47. The van der Waals surface area contributed by atoms with Gasteiger partial charge in [0.15, 0.2) is 6.61 Å². The standard InChI is InChI=1S/C25H30ClN3O6/c1-4-17(2)23(28-25(33)35-15-18-10-6-5-7-11-18)24(32)34-16-22(31)29(3)14-21(30)27-20-13-9-8-12-19(20)26/h5-13,17,23H,4,14-16H2,1-3H3,(H,27,30)(H,28,33)/t17-,23-/m1/s1. The third-order valence-electron chi connectivity index (χ3n) is 5.25. The van der Waals surface area contributed by atoms with Crippen LogP contribution >= 0.6 is 11.6 Å². The molecule has 2 rings (SSSR count). The highest BCUT2D eigenvalue weighted by molar-refractivity contribution is 6.33. The quantitative estimate of drug-likeness (QED) is 0.453. The molecule has 0 aliphatic carbocycles. The second-order valence-electron chi connectivity index (χ2n) is 7.95. The number of carbonyl (C=O) groups is 4. The van der Waals surface area contributed by atoms with Crippen LogP contribution in [-0.4, -0.2) is 55.0 Å². The SMILES string of the molecule is CC[C@@H](C)[C@@H](NC(=O)OCc1ccccc1)C(=O)OCC(=O)N(C)CC(=O)Nc1ccccc1Cl. The molecule has 2 N–H and O–H groups in total. The predicted octanol–water partition coefficient (Wildman–Crippen LogP) is 3.62. The highest BCUT2D eigenvalue weighted by Gasteiger charge is 2.29. The molecule has 3 amide bonds. The Morgan fingerprint density at radius 2 is 1.66 bits per heavy atom. The van der Waals surface area contributed by atoms with E-state index in [0.29, 0.717) is 17.1 Å². The van der Waals surface area contributed by atoms with Crippen molar-refractivity contribution >= 4 is 41.2 Å². The van der Waals surface area contributed by atoms with Crippen LogP contribution in [0.5, 0.6) is 0 Å². The van der Waals surface area contributed by atoms with Crippen LogP contribution in [0.25, 0.3) is 0 Å². The second-order valence-corrected chi connectivity index (χ2v) is 8.36. The van der Waals surface area contributed by atoms with Crippen molar-refractivity contribution in [2.75, 3.05) is 25.5 Å². The first-order valence-corrected chi connectivity index (χ1v) is 11.5. The number of anilines is 1. The summed E-state index contributed by atoms with van der Waals surface area (Å²) in [6.45, 7) is 2.84. The summed E-state index contributed by atoms with van der Waals surface area (Å²) in [7, 11) is 1.41. The number of likely N-dealkylation sites (N-methyl/N-ethyl adjacent to an activating group) is 1. The van der Waals surface area contributed by atoms with Gasteiger partial charge in [-0.3, -0.25) is 9.59 Å². The number of nitrogens with zero attached hydrogens (tertiary/aromatic N) is 1. The Balaban J connectivity index is 1.84. The number of hydrogen-bond donors (Lipinski definition) is 2. The summed E-state index contributed by atoms with van der Waals surface area (Å²) in [5, 5.41) is 5.50. The molecule has 188 valence electrons. The number of hydrogen-bond acceptors (Lipinski definition) is 6. The maximum Gasteiger partial charge on any atom is 0.408 e. The van der Waals surface area contributed by atoms with Crippen molar-refractivity contribution in [3.63, 3.8) is 0 Å². The van der Waals surface area contributed by atoms with Gasteiger partial charge >= 0.3 is 12.1 Å². The lowest BCUT2D eigenvalue weighted by atomic mass is 9.99. The fourth-order valence-electron chi connectivity index (χ4n) is 2.95. The Labute approximate surface area is 209 Å². The molecule has 0 saturated heterocycles. The summed E-state index contributed by atoms with van der Waals surface area (Å²) in [6, 6.07) is 14.8. The Hall–Kier alpha value is -3.59. The van der Waals surface area contributed by atoms with E-state index in [9.17, 15) is 19.2 Å². The number of carbonyl (C=O) groups excluding carboxylic acids is 4. The average molecular weight is 504 g/mol. The van der Waals surface area contributed by atoms with Crippen LogP contribution in [0.15, 0.2) is 54.6 Å². The number of benzene rings is 2. The number of amides is 3. The number of halogens is 1. The van der Waals surface area contributed by atoms with Crippen molar-refractivity contribution in [2.24, 2.45) is 5.92 Å². The van der Waals surface area contributed by atoms with Gasteiger partial charge in [0.25, 0.3) is 5.91 Å². The number of para-hydroxylation sites is 1. The van der Waals surface area contributed by atoms with Crippen molar-refractivity contribution in [1.82, 2.24) is 10.2 Å². The molecular formula is C25H30ClN3O6. The van der Waals surface area contributed by atoms with Gasteiger partial charge in [-0.1, -0.05) is 74.3 Å². The smallest absolute Gasteiger partial charge is 0.408 e. The van der Waals surface area contributed by atoms with Gasteiger partial charge in [0, 0.05) is 7.05 Å². The first-order chi connectivity index (χ1) is 16.7. The van der Waals surface area contributed by atoms with Crippen LogP contribution in [0.1, 0.15) is 25.8 Å². The first-order valence-electron chi connectivity index (χ1n) is 11.1. The molecule has 0 radical (unpaired) electrons. The van der Waals surface area contributed by atoms with Gasteiger partial charge < -0.3 is 25.0 Å². The van der Waals surface area contributed by atoms with Crippen LogP contribution in [0.3, 0.4) is 0 Å². The van der Waals surface area contributed by atoms with Crippen molar-refractivity contribution in [2.45, 2.75) is 32.9 Å². The lowest BCUT2D eigenvalue weighted by Gasteiger charge is -2.23. The Morgan fingerprint density at radius 1 is 1.00 bits per heavy atom. The molecule has 0 saturated carbocycles. The Kier molecular flexibility index (Phi) is 11.0. The average Bonchev–Trinajstić information content (AvgIpc) is 2.85. The van der Waals surface area contributed by atoms with Crippen molar-refractivity contribution in [1.29, 1.82) is 0 Å². The molecule has 2 aromatic carbocycles. The van der Waals surface area contributed by atoms with Gasteiger partial charge in [-0.2, -0.15) is 0 Å². The molecule has 2 atom stereocenters. The first kappa shape index (κ1) is 27.7. The van der Waals surface area contributed by atoms with E-state index in [-0.39, 0.29) is 19.1 Å². The number of ether oxygens (including phenoxy) is 2. The van der Waals surface area contributed by atoms with E-state index in [4.69, 9.17) is 21.1 Å². The maximum atomic E-state index is 12.6. The van der Waals surface area contributed by atoms with Gasteiger partial charge in [0.05, 0.1) is 17.3 Å². The minimum atomic E-state index is -0.995. The highest BCUT2D eigenvalue weighted by Crippen LogP contribution is 2.20. The molecule has 9 nitrogen and oxygen atoms in total. The van der Waals surface area contributed by atoms with Crippen LogP contribution in [-0.2, 0) is 30.5 Å². The molecule has 10 heteroatoms. The number of alkyl carbamates (subject to hydrolysis) is 1. The van der Waals surface area contributed by atoms with E-state index in [2.05, 4.69) is 10.6 Å². The normalized spacial score (nSPS) is 12.1. The van der Waals surface area contributed by atoms with E-state index < -0.39 is 36.5 Å². The molecule has 2 aromatic rings. The predicted molar refractivity (Wildman–Crippen MR) is 132 cm³/mol. The summed E-state index contributed by atoms with van der Waals surface area (Å²) in [4.78, 5) is 50.6. The van der Waals surface area contributed by atoms with Crippen molar-refractivity contribution < 1.29 is 28.7 Å². The third kappa shape index (κ3) is 9.29. The second kappa shape index (κ2) is 14.0. The molecule has 0 aliphatic heterocycles. The lowest BCUT2D eigenvalue weighted by molar-refractivity contribution is -0.154. The highest BCUT2D eigenvalue weighted by atomic mass is 35.5. The third-order valence-corrected chi connectivity index (χ3v) is 5.57.